The number of ether oxygens (including phenoxy) is 1. The van der Waals surface area contributed by atoms with E-state index >= 15 is 0 Å². The molecule has 25 heavy (non-hydrogen) atoms. The van der Waals surface area contributed by atoms with Crippen molar-refractivity contribution in [3.63, 3.8) is 0 Å². The fraction of sp³-hybridized carbons (Fsp3) is 0.263. The molecule has 0 spiro atoms. The summed E-state index contributed by atoms with van der Waals surface area (Å²) in [5, 5.41) is 13.9. The van der Waals surface area contributed by atoms with Crippen molar-refractivity contribution in [1.82, 2.24) is 5.43 Å². The SMILES string of the molecule is CCOc1cc(/C=N\NC(=O)Cc2ccc(C)c(C)c2)cc(I)c1O. The van der Waals surface area contributed by atoms with Gasteiger partial charge in [0.25, 0.3) is 0 Å². The van der Waals surface area contributed by atoms with Gasteiger partial charge in [0.05, 0.1) is 22.8 Å². The fourth-order valence-corrected chi connectivity index (χ4v) is 2.88. The van der Waals surface area contributed by atoms with E-state index in [1.165, 1.54) is 11.8 Å². The minimum Gasteiger partial charge on any atom is -0.504 e. The molecule has 2 rings (SSSR count). The second kappa shape index (κ2) is 8.84. The first-order chi connectivity index (χ1) is 11.9. The number of aromatic hydroxyl groups is 1. The van der Waals surface area contributed by atoms with Crippen LogP contribution in [0.3, 0.4) is 0 Å². The zero-order valence-electron chi connectivity index (χ0n) is 14.5. The van der Waals surface area contributed by atoms with E-state index in [2.05, 4.69) is 10.5 Å². The van der Waals surface area contributed by atoms with Crippen molar-refractivity contribution in [1.29, 1.82) is 0 Å². The number of amides is 1. The number of nitrogens with zero attached hydrogens (tertiary/aromatic N) is 1. The lowest BCUT2D eigenvalue weighted by Gasteiger charge is -2.08. The number of rotatable bonds is 6. The van der Waals surface area contributed by atoms with Gasteiger partial charge in [0.2, 0.25) is 5.91 Å². The number of phenolic OH excluding ortho intramolecular Hbond substituents is 1. The highest BCUT2D eigenvalue weighted by Gasteiger charge is 2.08. The van der Waals surface area contributed by atoms with Crippen molar-refractivity contribution >= 4 is 34.7 Å². The molecule has 0 atom stereocenters. The first kappa shape index (κ1) is 19.2. The lowest BCUT2D eigenvalue weighted by atomic mass is 10.0. The zero-order valence-corrected chi connectivity index (χ0v) is 16.6. The molecule has 2 N–H and O–H groups in total. The summed E-state index contributed by atoms with van der Waals surface area (Å²) in [5.41, 5.74) is 6.58. The Balaban J connectivity index is 2.00. The number of aryl methyl sites for hydroxylation is 2. The average molecular weight is 452 g/mol. The molecule has 0 aliphatic heterocycles. The van der Waals surface area contributed by atoms with Crippen LogP contribution in [0.1, 0.15) is 29.2 Å². The summed E-state index contributed by atoms with van der Waals surface area (Å²) < 4.78 is 6.04. The Bertz CT molecular complexity index is 803. The van der Waals surface area contributed by atoms with Gasteiger partial charge < -0.3 is 9.84 Å². The van der Waals surface area contributed by atoms with E-state index in [-0.39, 0.29) is 18.1 Å². The maximum Gasteiger partial charge on any atom is 0.244 e. The summed E-state index contributed by atoms with van der Waals surface area (Å²) >= 11 is 2.02. The third kappa shape index (κ3) is 5.45. The number of hydrazone groups is 1. The van der Waals surface area contributed by atoms with Crippen LogP contribution in [-0.2, 0) is 11.2 Å². The third-order valence-electron chi connectivity index (χ3n) is 3.69. The smallest absolute Gasteiger partial charge is 0.244 e. The maximum absolute atomic E-state index is 12.0. The number of hydrogen-bond donors (Lipinski definition) is 2. The molecule has 132 valence electrons. The molecular weight excluding hydrogens is 431 g/mol. The Morgan fingerprint density at radius 3 is 2.72 bits per heavy atom. The number of nitrogens with one attached hydrogen (secondary N) is 1. The van der Waals surface area contributed by atoms with Gasteiger partial charge in [0.15, 0.2) is 11.5 Å². The summed E-state index contributed by atoms with van der Waals surface area (Å²) in [6, 6.07) is 9.41. The standard InChI is InChI=1S/C19H21IN2O3/c1-4-25-17-9-15(8-16(20)19(17)24)11-21-22-18(23)10-14-6-5-12(2)13(3)7-14/h5-9,11,24H,4,10H2,1-3H3,(H,22,23)/b21-11-. The highest BCUT2D eigenvalue weighted by Crippen LogP contribution is 2.32. The lowest BCUT2D eigenvalue weighted by molar-refractivity contribution is -0.120. The molecule has 0 fully saturated rings. The molecule has 5 nitrogen and oxygen atoms in total. The quantitative estimate of drug-likeness (QED) is 0.399. The molecule has 0 bridgehead atoms. The van der Waals surface area contributed by atoms with Crippen LogP contribution < -0.4 is 10.2 Å². The molecule has 0 unspecified atom stereocenters. The molecular formula is C19H21IN2O3. The fourth-order valence-electron chi connectivity index (χ4n) is 2.25. The molecule has 0 aliphatic rings. The molecule has 1 amide bonds. The largest absolute Gasteiger partial charge is 0.504 e. The van der Waals surface area contributed by atoms with Crippen LogP contribution in [-0.4, -0.2) is 23.8 Å². The second-order valence-electron chi connectivity index (χ2n) is 5.67. The van der Waals surface area contributed by atoms with Gasteiger partial charge in [-0.1, -0.05) is 18.2 Å². The van der Waals surface area contributed by atoms with Gasteiger partial charge in [0, 0.05) is 0 Å². The van der Waals surface area contributed by atoms with Gasteiger partial charge in [0.1, 0.15) is 0 Å². The Morgan fingerprint density at radius 1 is 1.28 bits per heavy atom. The topological polar surface area (TPSA) is 70.9 Å². The summed E-state index contributed by atoms with van der Waals surface area (Å²) in [7, 11) is 0. The summed E-state index contributed by atoms with van der Waals surface area (Å²) in [5.74, 6) is 0.327. The molecule has 2 aromatic rings. The van der Waals surface area contributed by atoms with Gasteiger partial charge in [-0.15, -0.1) is 0 Å². The van der Waals surface area contributed by atoms with E-state index in [1.807, 2.05) is 61.6 Å². The minimum absolute atomic E-state index is 0.110. The highest BCUT2D eigenvalue weighted by atomic mass is 127. The highest BCUT2D eigenvalue weighted by molar-refractivity contribution is 14.1. The number of carbonyl (C=O) groups is 1. The summed E-state index contributed by atoms with van der Waals surface area (Å²) in [6.45, 7) is 6.37. The van der Waals surface area contributed by atoms with E-state index in [4.69, 9.17) is 4.74 Å². The first-order valence-electron chi connectivity index (χ1n) is 7.94. The van der Waals surface area contributed by atoms with Crippen LogP contribution in [0, 0.1) is 17.4 Å². The van der Waals surface area contributed by atoms with Crippen LogP contribution in [0.25, 0.3) is 0 Å². The molecule has 0 radical (unpaired) electrons. The first-order valence-corrected chi connectivity index (χ1v) is 9.02. The minimum atomic E-state index is -0.182. The van der Waals surface area contributed by atoms with Crippen LogP contribution in [0.5, 0.6) is 11.5 Å². The van der Waals surface area contributed by atoms with Crippen molar-refractivity contribution in [2.24, 2.45) is 5.10 Å². The molecule has 0 saturated heterocycles. The van der Waals surface area contributed by atoms with Gasteiger partial charge in [-0.2, -0.15) is 5.10 Å². The number of phenols is 1. The predicted octanol–water partition coefficient (Wildman–Crippen LogP) is 3.71. The van der Waals surface area contributed by atoms with Gasteiger partial charge >= 0.3 is 0 Å². The summed E-state index contributed by atoms with van der Waals surface area (Å²) in [6.07, 6.45) is 1.80. The molecule has 2 aromatic carbocycles. The normalized spacial score (nSPS) is 10.9. The lowest BCUT2D eigenvalue weighted by Crippen LogP contribution is -2.19. The Morgan fingerprint density at radius 2 is 2.04 bits per heavy atom. The molecule has 0 aromatic heterocycles. The van der Waals surface area contributed by atoms with Gasteiger partial charge in [-0.3, -0.25) is 4.79 Å². The average Bonchev–Trinajstić information content (AvgIpc) is 2.56. The number of halogens is 1. The van der Waals surface area contributed by atoms with Crippen molar-refractivity contribution < 1.29 is 14.6 Å². The van der Waals surface area contributed by atoms with Crippen molar-refractivity contribution in [3.05, 3.63) is 56.2 Å². The van der Waals surface area contributed by atoms with Gasteiger partial charge in [-0.05, 0) is 77.7 Å². The molecule has 6 heteroatoms. The molecule has 0 heterocycles. The van der Waals surface area contributed by atoms with E-state index in [0.717, 1.165) is 16.7 Å². The third-order valence-corrected chi connectivity index (χ3v) is 4.51. The van der Waals surface area contributed by atoms with E-state index in [1.54, 1.807) is 12.1 Å². The van der Waals surface area contributed by atoms with Crippen LogP contribution in [0.4, 0.5) is 0 Å². The van der Waals surface area contributed by atoms with Crippen molar-refractivity contribution in [2.75, 3.05) is 6.61 Å². The van der Waals surface area contributed by atoms with E-state index in [0.29, 0.717) is 15.9 Å². The second-order valence-corrected chi connectivity index (χ2v) is 6.83. The van der Waals surface area contributed by atoms with Crippen molar-refractivity contribution in [2.45, 2.75) is 27.2 Å². The molecule has 0 aliphatic carbocycles. The summed E-state index contributed by atoms with van der Waals surface area (Å²) in [4.78, 5) is 12.0. The van der Waals surface area contributed by atoms with Crippen molar-refractivity contribution in [3.8, 4) is 11.5 Å². The Kier molecular flexibility index (Phi) is 6.81. The predicted molar refractivity (Wildman–Crippen MR) is 107 cm³/mol. The van der Waals surface area contributed by atoms with E-state index < -0.39 is 0 Å². The maximum atomic E-state index is 12.0. The number of benzene rings is 2. The Hall–Kier alpha value is -2.09. The van der Waals surface area contributed by atoms with Crippen LogP contribution in [0.2, 0.25) is 0 Å². The monoisotopic (exact) mass is 452 g/mol. The number of carbonyl (C=O) groups excluding carboxylic acids is 1. The number of hydrogen-bond acceptors (Lipinski definition) is 4. The Labute approximate surface area is 161 Å². The van der Waals surface area contributed by atoms with Crippen LogP contribution in [0.15, 0.2) is 35.4 Å². The van der Waals surface area contributed by atoms with E-state index in [9.17, 15) is 9.90 Å². The zero-order chi connectivity index (χ0) is 18.4. The molecule has 0 saturated carbocycles. The van der Waals surface area contributed by atoms with Crippen LogP contribution >= 0.6 is 22.6 Å². The van der Waals surface area contributed by atoms with Gasteiger partial charge in [-0.25, -0.2) is 5.43 Å².